The molecule has 0 saturated carbocycles. The molecule has 0 aliphatic rings. The first kappa shape index (κ1) is 12.7. The van der Waals surface area contributed by atoms with E-state index < -0.39 is 0 Å². The molecule has 0 spiro atoms. The maximum Gasteiger partial charge on any atom is 0.174 e. The molecule has 0 aliphatic carbocycles. The van der Waals surface area contributed by atoms with E-state index in [1.54, 1.807) is 14.2 Å². The Labute approximate surface area is 95.6 Å². The normalized spacial score (nSPS) is 10.6. The van der Waals surface area contributed by atoms with Crippen LogP contribution >= 0.6 is 0 Å². The van der Waals surface area contributed by atoms with E-state index in [1.807, 2.05) is 25.1 Å². The zero-order chi connectivity index (χ0) is 12.0. The molecule has 0 radical (unpaired) electrons. The largest absolute Gasteiger partial charge is 0.373 e. The van der Waals surface area contributed by atoms with Gasteiger partial charge >= 0.3 is 0 Å². The maximum atomic E-state index is 5.13. The molecule has 1 aromatic rings. The number of hydrogen-bond donors (Lipinski definition) is 1. The summed E-state index contributed by atoms with van der Waals surface area (Å²) in [6.45, 7) is 0.604. The minimum atomic E-state index is -0.266. The third-order valence-electron chi connectivity index (χ3n) is 2.25. The van der Waals surface area contributed by atoms with Crippen molar-refractivity contribution >= 4 is 11.6 Å². The van der Waals surface area contributed by atoms with E-state index in [0.29, 0.717) is 6.54 Å². The molecule has 0 unspecified atom stereocenters. The van der Waals surface area contributed by atoms with Crippen molar-refractivity contribution in [2.24, 2.45) is 0 Å². The van der Waals surface area contributed by atoms with Crippen molar-refractivity contribution in [1.82, 2.24) is 9.97 Å². The minimum Gasteiger partial charge on any atom is -0.373 e. The lowest BCUT2D eigenvalue weighted by molar-refractivity contribution is -0.0944. The molecule has 6 nitrogen and oxygen atoms in total. The zero-order valence-corrected chi connectivity index (χ0v) is 10.1. The molecule has 1 heterocycles. The maximum absolute atomic E-state index is 5.13. The van der Waals surface area contributed by atoms with Gasteiger partial charge in [0.1, 0.15) is 18.0 Å². The highest BCUT2D eigenvalue weighted by molar-refractivity contribution is 5.47. The van der Waals surface area contributed by atoms with Gasteiger partial charge in [-0.2, -0.15) is 0 Å². The fraction of sp³-hybridized carbons (Fsp3) is 0.600. The highest BCUT2D eigenvalue weighted by atomic mass is 16.7. The molecule has 6 heteroatoms. The summed E-state index contributed by atoms with van der Waals surface area (Å²) in [5.41, 5.74) is 0. The van der Waals surface area contributed by atoms with Gasteiger partial charge in [-0.05, 0) is 0 Å². The number of methoxy groups -OCH3 is 2. The van der Waals surface area contributed by atoms with E-state index in [-0.39, 0.29) is 6.29 Å². The number of hydrogen-bond acceptors (Lipinski definition) is 6. The van der Waals surface area contributed by atoms with Crippen molar-refractivity contribution in [2.75, 3.05) is 45.1 Å². The molecule has 0 bridgehead atoms. The fourth-order valence-corrected chi connectivity index (χ4v) is 1.25. The van der Waals surface area contributed by atoms with Crippen LogP contribution in [0.2, 0.25) is 0 Å². The van der Waals surface area contributed by atoms with Gasteiger partial charge in [-0.25, -0.2) is 9.97 Å². The van der Waals surface area contributed by atoms with Crippen molar-refractivity contribution < 1.29 is 9.47 Å². The fourth-order valence-electron chi connectivity index (χ4n) is 1.25. The Morgan fingerprint density at radius 3 is 2.62 bits per heavy atom. The number of aromatic nitrogens is 2. The van der Waals surface area contributed by atoms with Crippen LogP contribution in [0.1, 0.15) is 0 Å². The molecular formula is C10H18N4O2. The molecule has 0 atom stereocenters. The lowest BCUT2D eigenvalue weighted by Gasteiger charge is -2.23. The third kappa shape index (κ3) is 3.32. The zero-order valence-electron chi connectivity index (χ0n) is 10.1. The smallest absolute Gasteiger partial charge is 0.174 e. The second kappa shape index (κ2) is 6.24. The molecular weight excluding hydrogens is 208 g/mol. The van der Waals surface area contributed by atoms with Crippen molar-refractivity contribution in [3.8, 4) is 0 Å². The van der Waals surface area contributed by atoms with Crippen molar-refractivity contribution in [3.63, 3.8) is 0 Å². The van der Waals surface area contributed by atoms with Gasteiger partial charge in [-0.15, -0.1) is 0 Å². The van der Waals surface area contributed by atoms with Gasteiger partial charge in [0.15, 0.2) is 6.29 Å². The van der Waals surface area contributed by atoms with Crippen LogP contribution in [0.4, 0.5) is 11.6 Å². The molecule has 0 aromatic carbocycles. The topological polar surface area (TPSA) is 59.5 Å². The number of ether oxygens (including phenoxy) is 2. The predicted molar refractivity (Wildman–Crippen MR) is 62.7 cm³/mol. The Morgan fingerprint density at radius 2 is 2.06 bits per heavy atom. The van der Waals surface area contributed by atoms with Gasteiger partial charge in [-0.1, -0.05) is 0 Å². The standard InChI is InChI=1S/C10H18N4O2/c1-11-8-5-9(13-7-12-8)14(2)6-10(15-3)16-4/h5,7,10H,6H2,1-4H3,(H,11,12,13). The van der Waals surface area contributed by atoms with E-state index >= 15 is 0 Å². The van der Waals surface area contributed by atoms with Crippen LogP contribution in [0.15, 0.2) is 12.4 Å². The lowest BCUT2D eigenvalue weighted by atomic mass is 10.4. The first-order valence-corrected chi connectivity index (χ1v) is 4.97. The molecule has 90 valence electrons. The Morgan fingerprint density at radius 1 is 1.38 bits per heavy atom. The molecule has 1 N–H and O–H groups in total. The Hall–Kier alpha value is -1.40. The number of nitrogens with zero attached hydrogens (tertiary/aromatic N) is 3. The van der Waals surface area contributed by atoms with Gasteiger partial charge in [0, 0.05) is 34.4 Å². The second-order valence-electron chi connectivity index (χ2n) is 3.29. The molecule has 0 saturated heterocycles. The molecule has 0 amide bonds. The lowest BCUT2D eigenvalue weighted by Crippen LogP contribution is -2.32. The van der Waals surface area contributed by atoms with Gasteiger partial charge in [0.25, 0.3) is 0 Å². The van der Waals surface area contributed by atoms with Crippen LogP contribution < -0.4 is 10.2 Å². The summed E-state index contributed by atoms with van der Waals surface area (Å²) < 4.78 is 10.3. The SMILES string of the molecule is CNc1cc(N(C)CC(OC)OC)ncn1. The predicted octanol–water partition coefficient (Wildman–Crippen LogP) is 0.573. The Balaban J connectivity index is 2.67. The first-order chi connectivity index (χ1) is 7.71. The van der Waals surface area contributed by atoms with Crippen molar-refractivity contribution in [3.05, 3.63) is 12.4 Å². The second-order valence-corrected chi connectivity index (χ2v) is 3.29. The van der Waals surface area contributed by atoms with E-state index in [1.165, 1.54) is 6.33 Å². The average molecular weight is 226 g/mol. The van der Waals surface area contributed by atoms with Crippen molar-refractivity contribution in [1.29, 1.82) is 0 Å². The van der Waals surface area contributed by atoms with Crippen LogP contribution in [0.5, 0.6) is 0 Å². The highest BCUT2D eigenvalue weighted by Crippen LogP contribution is 2.12. The van der Waals surface area contributed by atoms with E-state index in [9.17, 15) is 0 Å². The molecule has 1 rings (SSSR count). The van der Waals surface area contributed by atoms with Gasteiger partial charge < -0.3 is 19.7 Å². The summed E-state index contributed by atoms with van der Waals surface area (Å²) >= 11 is 0. The van der Waals surface area contributed by atoms with E-state index in [2.05, 4.69) is 15.3 Å². The van der Waals surface area contributed by atoms with Crippen LogP contribution in [0, 0.1) is 0 Å². The summed E-state index contributed by atoms with van der Waals surface area (Å²) in [7, 11) is 6.97. The molecule has 0 fully saturated rings. The van der Waals surface area contributed by atoms with E-state index in [0.717, 1.165) is 11.6 Å². The summed E-state index contributed by atoms with van der Waals surface area (Å²) in [5.74, 6) is 1.60. The Bertz CT molecular complexity index is 317. The van der Waals surface area contributed by atoms with Gasteiger partial charge in [-0.3, -0.25) is 0 Å². The van der Waals surface area contributed by atoms with Gasteiger partial charge in [0.2, 0.25) is 0 Å². The molecule has 0 aliphatic heterocycles. The highest BCUT2D eigenvalue weighted by Gasteiger charge is 2.11. The van der Waals surface area contributed by atoms with Crippen LogP contribution in [0.25, 0.3) is 0 Å². The van der Waals surface area contributed by atoms with Crippen LogP contribution in [-0.2, 0) is 9.47 Å². The summed E-state index contributed by atoms with van der Waals surface area (Å²) in [6.07, 6.45) is 1.25. The van der Waals surface area contributed by atoms with Gasteiger partial charge in [0.05, 0.1) is 6.54 Å². The quantitative estimate of drug-likeness (QED) is 0.716. The van der Waals surface area contributed by atoms with E-state index in [4.69, 9.17) is 9.47 Å². The summed E-state index contributed by atoms with van der Waals surface area (Å²) in [5, 5.41) is 2.96. The first-order valence-electron chi connectivity index (χ1n) is 4.97. The number of nitrogens with one attached hydrogen (secondary N) is 1. The Kier molecular flexibility index (Phi) is 4.94. The average Bonchev–Trinajstić information content (AvgIpc) is 2.35. The third-order valence-corrected chi connectivity index (χ3v) is 2.25. The molecule has 1 aromatic heterocycles. The van der Waals surface area contributed by atoms with Crippen molar-refractivity contribution in [2.45, 2.75) is 6.29 Å². The van der Waals surface area contributed by atoms with Crippen LogP contribution in [-0.4, -0.2) is 51.1 Å². The minimum absolute atomic E-state index is 0.266. The summed E-state index contributed by atoms with van der Waals surface area (Å²) in [4.78, 5) is 10.2. The van der Waals surface area contributed by atoms with Crippen LogP contribution in [0.3, 0.4) is 0 Å². The molecule has 16 heavy (non-hydrogen) atoms. The number of rotatable bonds is 6. The monoisotopic (exact) mass is 226 g/mol. The summed E-state index contributed by atoms with van der Waals surface area (Å²) in [6, 6.07) is 1.86. The number of anilines is 2. The number of likely N-dealkylation sites (N-methyl/N-ethyl adjacent to an activating group) is 1.